The maximum absolute atomic E-state index is 12.2. The second-order valence-corrected chi connectivity index (χ2v) is 6.68. The van der Waals surface area contributed by atoms with E-state index in [1.54, 1.807) is 18.2 Å². The van der Waals surface area contributed by atoms with E-state index in [4.69, 9.17) is 0 Å². The Labute approximate surface area is 108 Å². The van der Waals surface area contributed by atoms with Crippen LogP contribution in [0, 0.1) is 5.41 Å². The third kappa shape index (κ3) is 2.74. The van der Waals surface area contributed by atoms with Gasteiger partial charge in [0.1, 0.15) is 0 Å². The minimum Gasteiger partial charge on any atom is -0.392 e. The Kier molecular flexibility index (Phi) is 3.75. The van der Waals surface area contributed by atoms with Crippen molar-refractivity contribution in [3.63, 3.8) is 0 Å². The fourth-order valence-corrected chi connectivity index (χ4v) is 3.44. The number of hydrogen-bond acceptors (Lipinski definition) is 3. The Morgan fingerprint density at radius 3 is 2.56 bits per heavy atom. The molecule has 1 fully saturated rings. The molecule has 1 aromatic rings. The molecule has 0 atom stereocenters. The smallest absolute Gasteiger partial charge is 0.240 e. The van der Waals surface area contributed by atoms with Gasteiger partial charge in [-0.05, 0) is 36.3 Å². The predicted molar refractivity (Wildman–Crippen MR) is 69.5 cm³/mol. The highest BCUT2D eigenvalue weighted by molar-refractivity contribution is 7.89. The van der Waals surface area contributed by atoms with Crippen LogP contribution in [0.4, 0.5) is 0 Å². The van der Waals surface area contributed by atoms with Crippen LogP contribution in [0.15, 0.2) is 29.2 Å². The third-order valence-corrected chi connectivity index (χ3v) is 5.28. The van der Waals surface area contributed by atoms with Crippen molar-refractivity contribution in [2.75, 3.05) is 6.54 Å². The quantitative estimate of drug-likeness (QED) is 0.825. The van der Waals surface area contributed by atoms with Crippen molar-refractivity contribution in [3.8, 4) is 0 Å². The van der Waals surface area contributed by atoms with Gasteiger partial charge in [-0.3, -0.25) is 0 Å². The van der Waals surface area contributed by atoms with Crippen LogP contribution in [0.2, 0.25) is 0 Å². The molecule has 0 bridgehead atoms. The van der Waals surface area contributed by atoms with E-state index in [2.05, 4.69) is 11.6 Å². The number of nitrogens with one attached hydrogen (secondary N) is 1. The minimum absolute atomic E-state index is 0.168. The molecule has 0 amide bonds. The first-order chi connectivity index (χ1) is 8.53. The topological polar surface area (TPSA) is 66.4 Å². The average Bonchev–Trinajstić information content (AvgIpc) is 3.17. The maximum Gasteiger partial charge on any atom is 0.240 e. The number of benzene rings is 1. The van der Waals surface area contributed by atoms with Gasteiger partial charge in [0.05, 0.1) is 11.5 Å². The van der Waals surface area contributed by atoms with E-state index in [0.29, 0.717) is 12.1 Å². The van der Waals surface area contributed by atoms with E-state index in [1.807, 2.05) is 0 Å². The van der Waals surface area contributed by atoms with Crippen LogP contribution in [-0.2, 0) is 16.6 Å². The molecule has 2 rings (SSSR count). The highest BCUT2D eigenvalue weighted by Crippen LogP contribution is 2.48. The van der Waals surface area contributed by atoms with Crippen LogP contribution in [0.3, 0.4) is 0 Å². The summed E-state index contributed by atoms with van der Waals surface area (Å²) < 4.78 is 27.0. The summed E-state index contributed by atoms with van der Waals surface area (Å²) in [6.45, 7) is 2.31. The zero-order chi connectivity index (χ0) is 13.2. The molecule has 0 aromatic heterocycles. The number of aliphatic hydroxyl groups excluding tert-OH is 1. The van der Waals surface area contributed by atoms with Gasteiger partial charge < -0.3 is 5.11 Å². The fourth-order valence-electron chi connectivity index (χ4n) is 2.05. The molecule has 18 heavy (non-hydrogen) atoms. The van der Waals surface area contributed by atoms with Gasteiger partial charge >= 0.3 is 0 Å². The van der Waals surface area contributed by atoms with E-state index in [-0.39, 0.29) is 16.9 Å². The Balaban J connectivity index is 2.15. The average molecular weight is 269 g/mol. The molecule has 0 heterocycles. The molecule has 0 spiro atoms. The number of aliphatic hydroxyl groups is 1. The van der Waals surface area contributed by atoms with Gasteiger partial charge in [0.15, 0.2) is 0 Å². The van der Waals surface area contributed by atoms with Crippen molar-refractivity contribution in [1.82, 2.24) is 4.72 Å². The van der Waals surface area contributed by atoms with E-state index in [9.17, 15) is 13.5 Å². The molecular formula is C13H19NO3S. The van der Waals surface area contributed by atoms with Crippen molar-refractivity contribution in [3.05, 3.63) is 29.8 Å². The molecule has 1 saturated carbocycles. The summed E-state index contributed by atoms with van der Waals surface area (Å²) in [5, 5.41) is 9.18. The Morgan fingerprint density at radius 2 is 2.00 bits per heavy atom. The second-order valence-electron chi connectivity index (χ2n) is 4.94. The number of rotatable bonds is 6. The van der Waals surface area contributed by atoms with Crippen LogP contribution in [0.25, 0.3) is 0 Å². The molecule has 1 aromatic carbocycles. The normalized spacial score (nSPS) is 17.7. The molecule has 1 aliphatic carbocycles. The monoisotopic (exact) mass is 269 g/mol. The van der Waals surface area contributed by atoms with Crippen LogP contribution in [-0.4, -0.2) is 20.1 Å². The van der Waals surface area contributed by atoms with E-state index < -0.39 is 10.0 Å². The summed E-state index contributed by atoms with van der Waals surface area (Å²) in [5.74, 6) is 0. The van der Waals surface area contributed by atoms with E-state index >= 15 is 0 Å². The van der Waals surface area contributed by atoms with Crippen molar-refractivity contribution in [2.24, 2.45) is 5.41 Å². The lowest BCUT2D eigenvalue weighted by Gasteiger charge is -2.15. The lowest BCUT2D eigenvalue weighted by molar-refractivity contribution is 0.278. The lowest BCUT2D eigenvalue weighted by atomic mass is 10.1. The Bertz CT molecular complexity index is 521. The van der Waals surface area contributed by atoms with Crippen molar-refractivity contribution in [2.45, 2.75) is 37.7 Å². The van der Waals surface area contributed by atoms with E-state index in [0.717, 1.165) is 19.3 Å². The Morgan fingerprint density at radius 1 is 1.33 bits per heavy atom. The van der Waals surface area contributed by atoms with Crippen LogP contribution < -0.4 is 4.72 Å². The van der Waals surface area contributed by atoms with Crippen LogP contribution >= 0.6 is 0 Å². The second kappa shape index (κ2) is 4.99. The van der Waals surface area contributed by atoms with Crippen molar-refractivity contribution in [1.29, 1.82) is 0 Å². The van der Waals surface area contributed by atoms with E-state index in [1.165, 1.54) is 6.07 Å². The summed E-state index contributed by atoms with van der Waals surface area (Å²) in [6, 6.07) is 6.54. The molecule has 2 N–H and O–H groups in total. The Hall–Kier alpha value is -0.910. The van der Waals surface area contributed by atoms with Gasteiger partial charge in [-0.25, -0.2) is 13.1 Å². The first-order valence-electron chi connectivity index (χ1n) is 6.21. The highest BCUT2D eigenvalue weighted by atomic mass is 32.2. The third-order valence-electron chi connectivity index (χ3n) is 3.78. The van der Waals surface area contributed by atoms with Crippen molar-refractivity contribution >= 4 is 10.0 Å². The molecule has 5 heteroatoms. The van der Waals surface area contributed by atoms with Crippen LogP contribution in [0.1, 0.15) is 31.7 Å². The standard InChI is InChI=1S/C13H19NO3S/c1-2-13(7-8-13)10-14-18(16,17)12-6-4-3-5-11(12)9-15/h3-6,14-15H,2,7-10H2,1H3. The van der Waals surface area contributed by atoms with Gasteiger partial charge in [0.25, 0.3) is 0 Å². The summed E-state index contributed by atoms with van der Waals surface area (Å²) >= 11 is 0. The molecule has 4 nitrogen and oxygen atoms in total. The number of sulfonamides is 1. The minimum atomic E-state index is -3.52. The van der Waals surface area contributed by atoms with Gasteiger partial charge in [0.2, 0.25) is 10.0 Å². The molecule has 0 saturated heterocycles. The van der Waals surface area contributed by atoms with Crippen LogP contribution in [0.5, 0.6) is 0 Å². The summed E-state index contributed by atoms with van der Waals surface area (Å²) in [5.41, 5.74) is 0.604. The lowest BCUT2D eigenvalue weighted by Crippen LogP contribution is -2.30. The molecule has 0 aliphatic heterocycles. The van der Waals surface area contributed by atoms with Gasteiger partial charge in [-0.2, -0.15) is 0 Å². The highest BCUT2D eigenvalue weighted by Gasteiger charge is 2.41. The fraction of sp³-hybridized carbons (Fsp3) is 0.538. The molecule has 1 aliphatic rings. The molecular weight excluding hydrogens is 250 g/mol. The number of hydrogen-bond donors (Lipinski definition) is 2. The molecule has 0 radical (unpaired) electrons. The van der Waals surface area contributed by atoms with Gasteiger partial charge in [-0.15, -0.1) is 0 Å². The van der Waals surface area contributed by atoms with Gasteiger partial charge in [-0.1, -0.05) is 25.1 Å². The zero-order valence-corrected chi connectivity index (χ0v) is 11.3. The maximum atomic E-state index is 12.2. The predicted octanol–water partition coefficient (Wildman–Crippen LogP) is 1.65. The largest absolute Gasteiger partial charge is 0.392 e. The zero-order valence-electron chi connectivity index (χ0n) is 10.5. The summed E-state index contributed by atoms with van der Waals surface area (Å²) in [4.78, 5) is 0.180. The SMILES string of the molecule is CCC1(CNS(=O)(=O)c2ccccc2CO)CC1. The molecule has 100 valence electrons. The first kappa shape index (κ1) is 13.5. The summed E-state index contributed by atoms with van der Waals surface area (Å²) in [6.07, 6.45) is 3.18. The first-order valence-corrected chi connectivity index (χ1v) is 7.70. The summed E-state index contributed by atoms with van der Waals surface area (Å²) in [7, 11) is -3.52. The molecule has 0 unspecified atom stereocenters. The van der Waals surface area contributed by atoms with Gasteiger partial charge in [0, 0.05) is 6.54 Å². The van der Waals surface area contributed by atoms with Crippen molar-refractivity contribution < 1.29 is 13.5 Å².